The molecule has 1 aromatic heterocycles. The van der Waals surface area contributed by atoms with E-state index in [1.54, 1.807) is 0 Å². The first kappa shape index (κ1) is 13.9. The second-order valence-corrected chi connectivity index (χ2v) is 5.51. The Morgan fingerprint density at radius 1 is 1.29 bits per heavy atom. The molecule has 0 unspecified atom stereocenters. The zero-order valence-corrected chi connectivity index (χ0v) is 12.8. The Kier molecular flexibility index (Phi) is 4.04. The highest BCUT2D eigenvalue weighted by Gasteiger charge is 2.20. The smallest absolute Gasteiger partial charge is 0.224 e. The third-order valence-corrected chi connectivity index (χ3v) is 3.84. The van der Waals surface area contributed by atoms with Crippen LogP contribution in [0.1, 0.15) is 30.9 Å². The molecule has 0 spiro atoms. The number of hydrogen-bond donors (Lipinski definition) is 1. The highest BCUT2D eigenvalue weighted by Crippen LogP contribution is 2.33. The van der Waals surface area contributed by atoms with Gasteiger partial charge in [-0.05, 0) is 37.8 Å². The lowest BCUT2D eigenvalue weighted by atomic mass is 10.0. The monoisotopic (exact) mass is 282 g/mol. The largest absolute Gasteiger partial charge is 0.354 e. The number of para-hydroxylation sites is 1. The van der Waals surface area contributed by atoms with Gasteiger partial charge in [-0.25, -0.2) is 4.98 Å². The zero-order chi connectivity index (χ0) is 14.7. The minimum absolute atomic E-state index is 0.723. The Bertz CT molecular complexity index is 624. The summed E-state index contributed by atoms with van der Waals surface area (Å²) in [4.78, 5) is 11.4. The molecule has 0 atom stereocenters. The van der Waals surface area contributed by atoms with Crippen LogP contribution in [0.3, 0.4) is 0 Å². The maximum Gasteiger partial charge on any atom is 0.224 e. The number of hydrogen-bond acceptors (Lipinski definition) is 4. The van der Waals surface area contributed by atoms with E-state index in [1.165, 1.54) is 11.3 Å². The zero-order valence-electron chi connectivity index (χ0n) is 12.8. The number of nitrogens with zero attached hydrogens (tertiary/aromatic N) is 3. The lowest BCUT2D eigenvalue weighted by molar-refractivity contribution is 0.756. The van der Waals surface area contributed by atoms with Gasteiger partial charge in [0.25, 0.3) is 0 Å². The molecule has 4 nitrogen and oxygen atoms in total. The average molecular weight is 282 g/mol. The molecule has 0 saturated heterocycles. The standard InChI is InChI=1S/C17H22N4/c1-3-10-18-17-19-12-13(2)16(20-17)21-11-6-8-14-7-4-5-9-15(14)21/h4-5,7,9,12H,3,6,8,10-11H2,1-2H3,(H,18,19,20). The molecule has 2 aromatic rings. The summed E-state index contributed by atoms with van der Waals surface area (Å²) in [6, 6.07) is 8.62. The normalized spacial score (nSPS) is 13.9. The quantitative estimate of drug-likeness (QED) is 0.928. The molecule has 2 heterocycles. The first-order valence-electron chi connectivity index (χ1n) is 7.72. The highest BCUT2D eigenvalue weighted by molar-refractivity contribution is 5.67. The topological polar surface area (TPSA) is 41.1 Å². The molecule has 1 aliphatic heterocycles. The van der Waals surface area contributed by atoms with E-state index < -0.39 is 0 Å². The maximum absolute atomic E-state index is 4.74. The Balaban J connectivity index is 1.97. The first-order chi connectivity index (χ1) is 10.3. The molecule has 3 rings (SSSR count). The van der Waals surface area contributed by atoms with Crippen LogP contribution in [-0.2, 0) is 6.42 Å². The Hall–Kier alpha value is -2.10. The third-order valence-electron chi connectivity index (χ3n) is 3.84. The van der Waals surface area contributed by atoms with Crippen LogP contribution in [0.25, 0.3) is 0 Å². The van der Waals surface area contributed by atoms with Crippen molar-refractivity contribution in [3.63, 3.8) is 0 Å². The fraction of sp³-hybridized carbons (Fsp3) is 0.412. The molecule has 0 fully saturated rings. The van der Waals surface area contributed by atoms with Gasteiger partial charge in [-0.2, -0.15) is 4.98 Å². The molecular formula is C17H22N4. The number of aryl methyl sites for hydroxylation is 2. The van der Waals surface area contributed by atoms with Crippen molar-refractivity contribution in [3.8, 4) is 0 Å². The van der Waals surface area contributed by atoms with E-state index in [2.05, 4.69) is 53.3 Å². The predicted molar refractivity (Wildman–Crippen MR) is 87.3 cm³/mol. The molecule has 110 valence electrons. The summed E-state index contributed by atoms with van der Waals surface area (Å²) in [6.07, 6.45) is 5.30. The molecule has 4 heteroatoms. The van der Waals surface area contributed by atoms with Crippen molar-refractivity contribution in [3.05, 3.63) is 41.6 Å². The Morgan fingerprint density at radius 2 is 2.14 bits per heavy atom. The van der Waals surface area contributed by atoms with E-state index in [0.717, 1.165) is 49.7 Å². The van der Waals surface area contributed by atoms with Crippen molar-refractivity contribution in [2.75, 3.05) is 23.3 Å². The molecule has 1 aliphatic rings. The summed E-state index contributed by atoms with van der Waals surface area (Å²) in [5.41, 5.74) is 3.81. The van der Waals surface area contributed by atoms with Gasteiger partial charge in [-0.15, -0.1) is 0 Å². The fourth-order valence-corrected chi connectivity index (χ4v) is 2.78. The van der Waals surface area contributed by atoms with Crippen LogP contribution in [0.4, 0.5) is 17.5 Å². The van der Waals surface area contributed by atoms with Crippen LogP contribution in [0, 0.1) is 6.92 Å². The third kappa shape index (κ3) is 2.84. The average Bonchev–Trinajstić information content (AvgIpc) is 2.54. The molecule has 0 bridgehead atoms. The predicted octanol–water partition coefficient (Wildman–Crippen LogP) is 3.69. The second kappa shape index (κ2) is 6.12. The van der Waals surface area contributed by atoms with Crippen LogP contribution >= 0.6 is 0 Å². The molecule has 0 saturated carbocycles. The van der Waals surface area contributed by atoms with Crippen molar-refractivity contribution in [2.45, 2.75) is 33.1 Å². The lowest BCUT2D eigenvalue weighted by Gasteiger charge is -2.31. The van der Waals surface area contributed by atoms with Gasteiger partial charge in [0.1, 0.15) is 5.82 Å². The molecule has 0 aliphatic carbocycles. The van der Waals surface area contributed by atoms with Crippen molar-refractivity contribution < 1.29 is 0 Å². The van der Waals surface area contributed by atoms with Crippen LogP contribution in [0.5, 0.6) is 0 Å². The Labute approximate surface area is 126 Å². The minimum atomic E-state index is 0.723. The van der Waals surface area contributed by atoms with E-state index >= 15 is 0 Å². The lowest BCUT2D eigenvalue weighted by Crippen LogP contribution is -2.26. The molecular weight excluding hydrogens is 260 g/mol. The maximum atomic E-state index is 4.74. The fourth-order valence-electron chi connectivity index (χ4n) is 2.78. The SMILES string of the molecule is CCCNc1ncc(C)c(N2CCCc3ccccc32)n1. The summed E-state index contributed by atoms with van der Waals surface area (Å²) >= 11 is 0. The summed E-state index contributed by atoms with van der Waals surface area (Å²) < 4.78 is 0. The van der Waals surface area contributed by atoms with Gasteiger partial charge in [0.15, 0.2) is 0 Å². The van der Waals surface area contributed by atoms with Crippen molar-refractivity contribution in [2.24, 2.45) is 0 Å². The van der Waals surface area contributed by atoms with Gasteiger partial charge < -0.3 is 10.2 Å². The molecule has 0 amide bonds. The van der Waals surface area contributed by atoms with Gasteiger partial charge in [-0.3, -0.25) is 0 Å². The van der Waals surface area contributed by atoms with Crippen molar-refractivity contribution >= 4 is 17.5 Å². The highest BCUT2D eigenvalue weighted by atomic mass is 15.2. The molecule has 0 radical (unpaired) electrons. The summed E-state index contributed by atoms with van der Waals surface area (Å²) in [5, 5.41) is 3.28. The second-order valence-electron chi connectivity index (χ2n) is 5.51. The summed E-state index contributed by atoms with van der Waals surface area (Å²) in [7, 11) is 0. The van der Waals surface area contributed by atoms with Crippen LogP contribution in [-0.4, -0.2) is 23.1 Å². The number of fused-ring (bicyclic) bond motifs is 1. The van der Waals surface area contributed by atoms with Gasteiger partial charge in [0.05, 0.1) is 0 Å². The number of aromatic nitrogens is 2. The molecule has 1 aromatic carbocycles. The van der Waals surface area contributed by atoms with Crippen molar-refractivity contribution in [1.29, 1.82) is 0 Å². The van der Waals surface area contributed by atoms with E-state index in [9.17, 15) is 0 Å². The van der Waals surface area contributed by atoms with E-state index in [-0.39, 0.29) is 0 Å². The minimum Gasteiger partial charge on any atom is -0.354 e. The van der Waals surface area contributed by atoms with E-state index in [1.807, 2.05) is 6.20 Å². The number of anilines is 3. The van der Waals surface area contributed by atoms with Gasteiger partial charge in [0, 0.05) is 30.5 Å². The van der Waals surface area contributed by atoms with Gasteiger partial charge >= 0.3 is 0 Å². The van der Waals surface area contributed by atoms with E-state index in [0.29, 0.717) is 0 Å². The summed E-state index contributed by atoms with van der Waals surface area (Å²) in [6.45, 7) is 6.14. The van der Waals surface area contributed by atoms with E-state index in [4.69, 9.17) is 4.98 Å². The van der Waals surface area contributed by atoms with Crippen LogP contribution in [0.15, 0.2) is 30.5 Å². The number of nitrogens with one attached hydrogen (secondary N) is 1. The van der Waals surface area contributed by atoms with Gasteiger partial charge in [0.2, 0.25) is 5.95 Å². The Morgan fingerprint density at radius 3 is 3.00 bits per heavy atom. The number of benzene rings is 1. The summed E-state index contributed by atoms with van der Waals surface area (Å²) in [5.74, 6) is 1.75. The number of rotatable bonds is 4. The molecule has 1 N–H and O–H groups in total. The van der Waals surface area contributed by atoms with Gasteiger partial charge in [-0.1, -0.05) is 25.1 Å². The molecule has 21 heavy (non-hydrogen) atoms. The van der Waals surface area contributed by atoms with Crippen LogP contribution < -0.4 is 10.2 Å². The first-order valence-corrected chi connectivity index (χ1v) is 7.72. The van der Waals surface area contributed by atoms with Crippen LogP contribution in [0.2, 0.25) is 0 Å². The van der Waals surface area contributed by atoms with Crippen molar-refractivity contribution in [1.82, 2.24) is 9.97 Å².